The van der Waals surface area contributed by atoms with Gasteiger partial charge in [0.1, 0.15) is 0 Å². The first-order valence-electron chi connectivity index (χ1n) is 11.0. The highest BCUT2D eigenvalue weighted by Gasteiger charge is 2.23. The summed E-state index contributed by atoms with van der Waals surface area (Å²) in [6, 6.07) is 28.9. The lowest BCUT2D eigenvalue weighted by Gasteiger charge is -2.23. The molecule has 0 saturated carbocycles. The Morgan fingerprint density at radius 2 is 1.26 bits per heavy atom. The number of benzene rings is 3. The molecule has 1 aromatic heterocycles. The number of halogens is 1. The van der Waals surface area contributed by atoms with E-state index >= 15 is 0 Å². The number of aromatic nitrogens is 1. The van der Waals surface area contributed by atoms with E-state index in [1.807, 2.05) is 72.8 Å². The van der Waals surface area contributed by atoms with Crippen molar-refractivity contribution in [2.24, 2.45) is 0 Å². The maximum atomic E-state index is 13.3. The van der Waals surface area contributed by atoms with E-state index in [9.17, 15) is 9.59 Å². The number of nitrogens with zero attached hydrogens (tertiary/aromatic N) is 1. The van der Waals surface area contributed by atoms with Crippen LogP contribution in [0.4, 0.5) is 0 Å². The van der Waals surface area contributed by atoms with Crippen molar-refractivity contribution in [1.29, 1.82) is 0 Å². The molecule has 4 aromatic rings. The summed E-state index contributed by atoms with van der Waals surface area (Å²) in [6.45, 7) is 0. The van der Waals surface area contributed by atoms with Crippen LogP contribution in [0.15, 0.2) is 109 Å². The van der Waals surface area contributed by atoms with Crippen molar-refractivity contribution in [3.05, 3.63) is 137 Å². The molecule has 5 nitrogen and oxygen atoms in total. The van der Waals surface area contributed by atoms with Gasteiger partial charge in [-0.05, 0) is 41.0 Å². The van der Waals surface area contributed by atoms with Gasteiger partial charge in [-0.2, -0.15) is 0 Å². The third kappa shape index (κ3) is 5.88. The van der Waals surface area contributed by atoms with E-state index in [0.29, 0.717) is 10.6 Å². The van der Waals surface area contributed by atoms with Crippen LogP contribution >= 0.6 is 11.6 Å². The molecule has 0 saturated heterocycles. The fraction of sp³-hybridized carbons (Fsp3) is 0.107. The molecule has 2 atom stereocenters. The lowest BCUT2D eigenvalue weighted by molar-refractivity contribution is -0.122. The van der Waals surface area contributed by atoms with E-state index in [4.69, 9.17) is 11.6 Å². The molecule has 0 aliphatic heterocycles. The van der Waals surface area contributed by atoms with Crippen molar-refractivity contribution in [2.75, 3.05) is 0 Å². The van der Waals surface area contributed by atoms with Crippen molar-refractivity contribution in [2.45, 2.75) is 18.5 Å². The van der Waals surface area contributed by atoms with Gasteiger partial charge < -0.3 is 10.6 Å². The van der Waals surface area contributed by atoms with Gasteiger partial charge in [0.05, 0.1) is 29.1 Å². The van der Waals surface area contributed by atoms with Gasteiger partial charge in [0.25, 0.3) is 5.91 Å². The van der Waals surface area contributed by atoms with E-state index in [0.717, 1.165) is 16.7 Å². The topological polar surface area (TPSA) is 71.1 Å². The number of amides is 2. The standard InChI is InChI=1S/C28H24ClN3O2/c29-24-14-8-7-13-23(24)28(34)31-25(20-9-3-1-4-10-20)19-26(33)32-27(21-11-5-2-6-12-21)22-15-17-30-18-16-22/h1-18,25,27H,19H2,(H,31,34)(H,32,33). The molecule has 0 aliphatic carbocycles. The fourth-order valence-electron chi connectivity index (χ4n) is 3.78. The van der Waals surface area contributed by atoms with Crippen LogP contribution < -0.4 is 10.6 Å². The van der Waals surface area contributed by atoms with E-state index in [-0.39, 0.29) is 24.3 Å². The number of carbonyl (C=O) groups is 2. The molecule has 6 heteroatoms. The van der Waals surface area contributed by atoms with Crippen molar-refractivity contribution < 1.29 is 9.59 Å². The third-order valence-corrected chi connectivity index (χ3v) is 5.82. The zero-order valence-corrected chi connectivity index (χ0v) is 19.2. The second-order valence-electron chi connectivity index (χ2n) is 7.81. The van der Waals surface area contributed by atoms with Gasteiger partial charge in [-0.25, -0.2) is 0 Å². The van der Waals surface area contributed by atoms with E-state index in [1.165, 1.54) is 0 Å². The maximum Gasteiger partial charge on any atom is 0.253 e. The molecule has 0 fully saturated rings. The first-order chi connectivity index (χ1) is 16.6. The molecule has 0 radical (unpaired) electrons. The Bertz CT molecular complexity index is 1190. The van der Waals surface area contributed by atoms with Crippen LogP contribution in [-0.4, -0.2) is 16.8 Å². The van der Waals surface area contributed by atoms with Crippen LogP contribution in [-0.2, 0) is 4.79 Å². The second kappa shape index (κ2) is 11.3. The van der Waals surface area contributed by atoms with Gasteiger partial charge >= 0.3 is 0 Å². The highest BCUT2D eigenvalue weighted by Crippen LogP contribution is 2.24. The summed E-state index contributed by atoms with van der Waals surface area (Å²) < 4.78 is 0. The van der Waals surface area contributed by atoms with Gasteiger partial charge in [0.2, 0.25) is 5.91 Å². The van der Waals surface area contributed by atoms with Crippen LogP contribution in [0.1, 0.15) is 45.6 Å². The predicted molar refractivity (Wildman–Crippen MR) is 133 cm³/mol. The molecule has 0 spiro atoms. The Hall–Kier alpha value is -3.96. The molecule has 1 heterocycles. The smallest absolute Gasteiger partial charge is 0.253 e. The normalized spacial score (nSPS) is 12.4. The summed E-state index contributed by atoms with van der Waals surface area (Å²) in [7, 11) is 0. The summed E-state index contributed by atoms with van der Waals surface area (Å²) in [6.07, 6.45) is 3.47. The maximum absolute atomic E-state index is 13.3. The molecular formula is C28H24ClN3O2. The van der Waals surface area contributed by atoms with Crippen molar-refractivity contribution in [1.82, 2.24) is 15.6 Å². The zero-order chi connectivity index (χ0) is 23.8. The molecule has 0 aliphatic rings. The van der Waals surface area contributed by atoms with E-state index in [1.54, 1.807) is 36.7 Å². The number of hydrogen-bond donors (Lipinski definition) is 2. The van der Waals surface area contributed by atoms with Gasteiger partial charge in [0.15, 0.2) is 0 Å². The Balaban J connectivity index is 1.56. The van der Waals surface area contributed by atoms with Crippen molar-refractivity contribution >= 4 is 23.4 Å². The van der Waals surface area contributed by atoms with Gasteiger partial charge in [-0.3, -0.25) is 14.6 Å². The molecule has 170 valence electrons. The van der Waals surface area contributed by atoms with Crippen LogP contribution in [0.5, 0.6) is 0 Å². The number of nitrogens with one attached hydrogen (secondary N) is 2. The minimum Gasteiger partial charge on any atom is -0.345 e. The lowest BCUT2D eigenvalue weighted by atomic mass is 9.98. The quantitative estimate of drug-likeness (QED) is 0.358. The molecule has 2 N–H and O–H groups in total. The largest absolute Gasteiger partial charge is 0.345 e. The molecule has 0 bridgehead atoms. The monoisotopic (exact) mass is 469 g/mol. The van der Waals surface area contributed by atoms with Crippen molar-refractivity contribution in [3.8, 4) is 0 Å². The molecule has 2 amide bonds. The van der Waals surface area contributed by atoms with Gasteiger partial charge in [-0.15, -0.1) is 0 Å². The lowest BCUT2D eigenvalue weighted by Crippen LogP contribution is -2.35. The Morgan fingerprint density at radius 3 is 1.91 bits per heavy atom. The summed E-state index contributed by atoms with van der Waals surface area (Å²) in [5.74, 6) is -0.528. The zero-order valence-electron chi connectivity index (χ0n) is 18.4. The average molecular weight is 470 g/mol. The molecule has 4 rings (SSSR count). The summed E-state index contributed by atoms with van der Waals surface area (Å²) in [5, 5.41) is 6.47. The Morgan fingerprint density at radius 1 is 0.706 bits per heavy atom. The predicted octanol–water partition coefficient (Wildman–Crippen LogP) is 5.50. The molecule has 3 aromatic carbocycles. The third-order valence-electron chi connectivity index (χ3n) is 5.49. The van der Waals surface area contributed by atoms with Gasteiger partial charge in [0, 0.05) is 12.4 Å². The first kappa shape index (κ1) is 23.2. The minimum atomic E-state index is -0.529. The fourth-order valence-corrected chi connectivity index (χ4v) is 4.01. The van der Waals surface area contributed by atoms with Gasteiger partial charge in [-0.1, -0.05) is 84.4 Å². The SMILES string of the molecule is O=C(CC(NC(=O)c1ccccc1Cl)c1ccccc1)NC(c1ccccc1)c1ccncc1. The highest BCUT2D eigenvalue weighted by atomic mass is 35.5. The summed E-state index contributed by atoms with van der Waals surface area (Å²) in [4.78, 5) is 30.3. The number of rotatable bonds is 8. The van der Waals surface area contributed by atoms with Crippen LogP contribution in [0, 0.1) is 0 Å². The number of hydrogen-bond acceptors (Lipinski definition) is 3. The average Bonchev–Trinajstić information content (AvgIpc) is 2.88. The summed E-state index contributed by atoms with van der Waals surface area (Å²) >= 11 is 6.21. The second-order valence-corrected chi connectivity index (χ2v) is 8.22. The van der Waals surface area contributed by atoms with E-state index < -0.39 is 6.04 Å². The number of carbonyl (C=O) groups excluding carboxylic acids is 2. The van der Waals surface area contributed by atoms with Crippen molar-refractivity contribution in [3.63, 3.8) is 0 Å². The Kier molecular flexibility index (Phi) is 7.68. The molecular weight excluding hydrogens is 446 g/mol. The van der Waals surface area contributed by atoms with Crippen LogP contribution in [0.3, 0.4) is 0 Å². The van der Waals surface area contributed by atoms with E-state index in [2.05, 4.69) is 15.6 Å². The van der Waals surface area contributed by atoms with Crippen LogP contribution in [0.2, 0.25) is 5.02 Å². The highest BCUT2D eigenvalue weighted by molar-refractivity contribution is 6.33. The first-order valence-corrected chi connectivity index (χ1v) is 11.3. The Labute approximate surface area is 203 Å². The van der Waals surface area contributed by atoms with Crippen LogP contribution in [0.25, 0.3) is 0 Å². The molecule has 2 unspecified atom stereocenters. The number of pyridine rings is 1. The molecule has 34 heavy (non-hydrogen) atoms. The summed E-state index contributed by atoms with van der Waals surface area (Å²) in [5.41, 5.74) is 3.08. The minimum absolute atomic E-state index is 0.0641.